The number of amides is 1. The maximum absolute atomic E-state index is 14.0. The first-order valence-corrected chi connectivity index (χ1v) is 12.0. The van der Waals surface area contributed by atoms with Gasteiger partial charge < -0.3 is 10.8 Å². The third-order valence-corrected chi connectivity index (χ3v) is 8.75. The van der Waals surface area contributed by atoms with Crippen LogP contribution in [0.15, 0.2) is 46.5 Å². The van der Waals surface area contributed by atoms with Gasteiger partial charge in [0.25, 0.3) is 5.56 Å². The zero-order valence-electron chi connectivity index (χ0n) is 18.6. The van der Waals surface area contributed by atoms with Crippen LogP contribution < -0.4 is 11.3 Å². The highest BCUT2D eigenvalue weighted by atomic mass is 35.5. The fourth-order valence-corrected chi connectivity index (χ4v) is 6.50. The summed E-state index contributed by atoms with van der Waals surface area (Å²) in [6, 6.07) is 1.59. The second-order valence-corrected chi connectivity index (χ2v) is 10.8. The molecule has 4 atom stereocenters. The van der Waals surface area contributed by atoms with Gasteiger partial charge in [0.1, 0.15) is 6.04 Å². The molecule has 2 fully saturated rings. The molecule has 2 heterocycles. The molecule has 1 amide bonds. The molecule has 16 heteroatoms. The van der Waals surface area contributed by atoms with Crippen molar-refractivity contribution in [1.82, 2.24) is 14.5 Å². The van der Waals surface area contributed by atoms with E-state index in [9.17, 15) is 46.3 Å². The van der Waals surface area contributed by atoms with Gasteiger partial charge in [-0.3, -0.25) is 28.8 Å². The lowest BCUT2D eigenvalue weighted by molar-refractivity contribution is -0.143. The van der Waals surface area contributed by atoms with Crippen LogP contribution in [0.4, 0.5) is 13.2 Å². The molecule has 1 aliphatic carbocycles. The van der Waals surface area contributed by atoms with Crippen molar-refractivity contribution in [3.8, 4) is 11.8 Å². The number of carbonyl (C=O) groups excluding carboxylic acids is 1. The van der Waals surface area contributed by atoms with Gasteiger partial charge in [-0.05, 0) is 31.0 Å². The Balaban J connectivity index is 0.00000380. The third kappa shape index (κ3) is 4.67. The first-order valence-electron chi connectivity index (χ1n) is 10.4. The number of carboxylic acid groups (broad SMARTS) is 1. The summed E-state index contributed by atoms with van der Waals surface area (Å²) in [7, 11) is -4.75. The van der Waals surface area contributed by atoms with Crippen LogP contribution in [0.3, 0.4) is 0 Å². The van der Waals surface area contributed by atoms with Crippen LogP contribution in [0.1, 0.15) is 18.4 Å². The van der Waals surface area contributed by atoms with Gasteiger partial charge >= 0.3 is 12.1 Å². The van der Waals surface area contributed by atoms with E-state index in [1.807, 2.05) is 0 Å². The number of hydrogen-bond donors (Lipinski definition) is 2. The molecule has 37 heavy (non-hydrogen) atoms. The van der Waals surface area contributed by atoms with E-state index in [4.69, 9.17) is 5.73 Å². The first-order chi connectivity index (χ1) is 16.7. The summed E-state index contributed by atoms with van der Waals surface area (Å²) < 4.78 is 69.5. The highest BCUT2D eigenvalue weighted by Gasteiger charge is 2.66. The van der Waals surface area contributed by atoms with Crippen LogP contribution in [0, 0.1) is 16.7 Å². The van der Waals surface area contributed by atoms with E-state index in [-0.39, 0.29) is 24.5 Å². The van der Waals surface area contributed by atoms with E-state index in [0.29, 0.717) is 6.07 Å². The van der Waals surface area contributed by atoms with E-state index in [2.05, 4.69) is 4.98 Å². The molecule has 198 valence electrons. The number of sulfone groups is 1. The number of benzene rings is 1. The van der Waals surface area contributed by atoms with Crippen molar-refractivity contribution in [3.05, 3.63) is 52.7 Å². The molecule has 1 aliphatic heterocycles. The van der Waals surface area contributed by atoms with Gasteiger partial charge in [0.15, 0.2) is 15.3 Å². The quantitative estimate of drug-likeness (QED) is 0.515. The second kappa shape index (κ2) is 9.43. The van der Waals surface area contributed by atoms with Crippen molar-refractivity contribution in [2.24, 2.45) is 11.1 Å². The highest BCUT2D eigenvalue weighted by Crippen LogP contribution is 2.51. The number of likely N-dealkylation sites (tertiary alicyclic amines) is 1. The number of carbonyl (C=O) groups is 2. The van der Waals surface area contributed by atoms with Gasteiger partial charge in [-0.1, -0.05) is 0 Å². The number of carboxylic acids is 1. The number of halogens is 4. The summed E-state index contributed by atoms with van der Waals surface area (Å²) in [5.74, 6) is -2.44. The van der Waals surface area contributed by atoms with Gasteiger partial charge in [-0.2, -0.15) is 18.4 Å². The van der Waals surface area contributed by atoms with Gasteiger partial charge in [-0.25, -0.2) is 8.42 Å². The minimum Gasteiger partial charge on any atom is -0.480 e. The molecular weight excluding hydrogens is 543 g/mol. The number of nitrogens with zero attached hydrogens (tertiary/aromatic N) is 4. The van der Waals surface area contributed by atoms with E-state index >= 15 is 0 Å². The average molecular weight is 562 g/mol. The number of aromatic nitrogens is 2. The van der Waals surface area contributed by atoms with E-state index in [0.717, 1.165) is 34.0 Å². The smallest absolute Gasteiger partial charge is 0.417 e. The fourth-order valence-electron chi connectivity index (χ4n) is 4.60. The SMILES string of the molecule is Cl.N#CC1(C(N)=O)CC1N1C[C@H](S(=O)(=O)c2ccc(-n3ccncc3=O)cc2C(F)(F)F)C[C@H]1C(=O)O. The molecule has 1 aromatic carbocycles. The molecule has 1 saturated carbocycles. The molecule has 0 bridgehead atoms. The molecule has 1 saturated heterocycles. The lowest BCUT2D eigenvalue weighted by Crippen LogP contribution is -2.42. The Bertz CT molecular complexity index is 1470. The summed E-state index contributed by atoms with van der Waals surface area (Å²) in [6.45, 7) is -0.510. The van der Waals surface area contributed by atoms with Crippen LogP contribution in [0.2, 0.25) is 0 Å². The number of primary amides is 1. The van der Waals surface area contributed by atoms with E-state index in [1.54, 1.807) is 6.07 Å². The number of hydrogen-bond acceptors (Lipinski definition) is 8. The molecule has 3 N–H and O–H groups in total. The van der Waals surface area contributed by atoms with Crippen molar-refractivity contribution < 1.29 is 36.3 Å². The normalized spacial score (nSPS) is 25.6. The maximum Gasteiger partial charge on any atom is 0.417 e. The van der Waals surface area contributed by atoms with Crippen LogP contribution in [-0.4, -0.2) is 63.7 Å². The van der Waals surface area contributed by atoms with Crippen LogP contribution in [-0.2, 0) is 25.6 Å². The number of alkyl halides is 3. The van der Waals surface area contributed by atoms with Crippen molar-refractivity contribution in [1.29, 1.82) is 5.26 Å². The fraction of sp³-hybridized carbons (Fsp3) is 0.381. The Morgan fingerprint density at radius 3 is 2.49 bits per heavy atom. The predicted octanol–water partition coefficient (Wildman–Crippen LogP) is 0.742. The van der Waals surface area contributed by atoms with Crippen LogP contribution >= 0.6 is 12.4 Å². The van der Waals surface area contributed by atoms with Crippen LogP contribution in [0.5, 0.6) is 0 Å². The molecular formula is C21H19ClF3N5O6S. The Labute approximate surface area is 213 Å². The summed E-state index contributed by atoms with van der Waals surface area (Å²) in [5.41, 5.74) is 1.07. The second-order valence-electron chi connectivity index (χ2n) is 8.58. The molecule has 2 unspecified atom stereocenters. The maximum atomic E-state index is 14.0. The Hall–Kier alpha value is -3.48. The zero-order chi connectivity index (χ0) is 26.6. The molecule has 1 aromatic heterocycles. The summed E-state index contributed by atoms with van der Waals surface area (Å²) in [5, 5.41) is 17.4. The van der Waals surface area contributed by atoms with Gasteiger partial charge in [0.05, 0.1) is 28.0 Å². The Morgan fingerprint density at radius 1 is 1.30 bits per heavy atom. The molecule has 0 spiro atoms. The topological polar surface area (TPSA) is 176 Å². The minimum atomic E-state index is -5.13. The number of nitriles is 1. The predicted molar refractivity (Wildman–Crippen MR) is 121 cm³/mol. The number of aliphatic carboxylic acids is 1. The van der Waals surface area contributed by atoms with Gasteiger partial charge in [0.2, 0.25) is 5.91 Å². The molecule has 4 rings (SSSR count). The largest absolute Gasteiger partial charge is 0.480 e. The first kappa shape index (κ1) is 28.1. The van der Waals surface area contributed by atoms with Crippen molar-refractivity contribution in [2.45, 2.75) is 41.2 Å². The zero-order valence-corrected chi connectivity index (χ0v) is 20.3. The molecule has 0 radical (unpaired) electrons. The Kier molecular flexibility index (Phi) is 7.16. The Morgan fingerprint density at radius 2 is 1.97 bits per heavy atom. The molecule has 2 aliphatic rings. The number of nitrogens with two attached hydrogens (primary N) is 1. The molecule has 2 aromatic rings. The van der Waals surface area contributed by atoms with Crippen molar-refractivity contribution in [3.63, 3.8) is 0 Å². The summed E-state index contributed by atoms with van der Waals surface area (Å²) in [6.07, 6.45) is -2.63. The molecule has 11 nitrogen and oxygen atoms in total. The standard InChI is InChI=1S/C21H18F3N5O6S.ClH/c22-21(23,24)13-5-11(28-4-3-27-8-17(28)30)1-2-15(13)36(34,35)12-6-14(18(31)32)29(9-12)16-7-20(16,10-25)19(26)33;/h1-5,8,12,14,16H,6-7,9H2,(H2,26,33)(H,31,32);1H/t12-,14+,16?,20?;/m1./s1. The number of rotatable bonds is 6. The van der Waals surface area contributed by atoms with E-state index < -0.39 is 79.6 Å². The van der Waals surface area contributed by atoms with Crippen LogP contribution in [0.25, 0.3) is 5.69 Å². The van der Waals surface area contributed by atoms with E-state index in [1.165, 1.54) is 6.20 Å². The van der Waals surface area contributed by atoms with Crippen molar-refractivity contribution >= 4 is 34.1 Å². The highest BCUT2D eigenvalue weighted by molar-refractivity contribution is 7.92. The summed E-state index contributed by atoms with van der Waals surface area (Å²) in [4.78, 5) is 39.2. The van der Waals surface area contributed by atoms with Gasteiger partial charge in [-0.15, -0.1) is 12.4 Å². The monoisotopic (exact) mass is 561 g/mol. The lowest BCUT2D eigenvalue weighted by Gasteiger charge is -2.22. The van der Waals surface area contributed by atoms with Crippen molar-refractivity contribution in [2.75, 3.05) is 6.54 Å². The average Bonchev–Trinajstić information content (AvgIpc) is 3.39. The lowest BCUT2D eigenvalue weighted by atomic mass is 10.1. The van der Waals surface area contributed by atoms with Gasteiger partial charge in [0, 0.05) is 30.7 Å². The minimum absolute atomic E-state index is 0. The summed E-state index contributed by atoms with van der Waals surface area (Å²) >= 11 is 0. The third-order valence-electron chi connectivity index (χ3n) is 6.57.